The lowest BCUT2D eigenvalue weighted by Crippen LogP contribution is -2.16. The van der Waals surface area contributed by atoms with Gasteiger partial charge in [0.1, 0.15) is 11.5 Å². The van der Waals surface area contributed by atoms with E-state index in [0.717, 1.165) is 24.2 Å². The Labute approximate surface area is 180 Å². The molecule has 1 N–H and O–H groups in total. The van der Waals surface area contributed by atoms with Gasteiger partial charge in [-0.25, -0.2) is 0 Å². The van der Waals surface area contributed by atoms with Crippen LogP contribution in [0.25, 0.3) is 0 Å². The van der Waals surface area contributed by atoms with Crippen LogP contribution in [0.2, 0.25) is 0 Å². The molecule has 0 fully saturated rings. The van der Waals surface area contributed by atoms with Crippen molar-refractivity contribution in [3.05, 3.63) is 95.6 Å². The molecular formula is C27H32O3. The molecule has 158 valence electrons. The Morgan fingerprint density at radius 2 is 1.43 bits per heavy atom. The fourth-order valence-electron chi connectivity index (χ4n) is 3.74. The summed E-state index contributed by atoms with van der Waals surface area (Å²) in [5, 5.41) is 9.50. The standard InChI is InChI=1S/C27H32O3/c1-4-23(18-20(2)24-10-14-26(28)15-11-24)25-12-16-27(17-13-25)30-21(3)29-19-22-8-6-5-7-9-22/h5-17,20-21,23,28H,4,18-19H2,1-3H3. The lowest BCUT2D eigenvalue weighted by molar-refractivity contribution is -0.0759. The highest BCUT2D eigenvalue weighted by atomic mass is 16.7. The Hall–Kier alpha value is -2.78. The summed E-state index contributed by atoms with van der Waals surface area (Å²) in [5.74, 6) is 2.05. The van der Waals surface area contributed by atoms with E-state index in [2.05, 4.69) is 26.0 Å². The van der Waals surface area contributed by atoms with Crippen molar-refractivity contribution in [2.45, 2.75) is 58.3 Å². The van der Waals surface area contributed by atoms with Gasteiger partial charge in [0.2, 0.25) is 0 Å². The lowest BCUT2D eigenvalue weighted by atomic mass is 9.84. The molecule has 3 nitrogen and oxygen atoms in total. The van der Waals surface area contributed by atoms with E-state index in [4.69, 9.17) is 9.47 Å². The molecule has 3 heteroatoms. The van der Waals surface area contributed by atoms with Crippen molar-refractivity contribution in [2.24, 2.45) is 0 Å². The molecule has 3 aromatic rings. The van der Waals surface area contributed by atoms with Crippen LogP contribution in [0, 0.1) is 0 Å². The summed E-state index contributed by atoms with van der Waals surface area (Å²) >= 11 is 0. The van der Waals surface area contributed by atoms with Gasteiger partial charge in [0.25, 0.3) is 0 Å². The highest BCUT2D eigenvalue weighted by Gasteiger charge is 2.16. The second-order valence-electron chi connectivity index (χ2n) is 7.88. The molecule has 0 radical (unpaired) electrons. The zero-order chi connectivity index (χ0) is 21.3. The van der Waals surface area contributed by atoms with Crippen molar-refractivity contribution in [2.75, 3.05) is 0 Å². The molecule has 0 amide bonds. The molecule has 3 atom stereocenters. The van der Waals surface area contributed by atoms with Gasteiger partial charge in [0.05, 0.1) is 6.61 Å². The van der Waals surface area contributed by atoms with Crippen LogP contribution >= 0.6 is 0 Å². The first-order valence-corrected chi connectivity index (χ1v) is 10.8. The number of phenolic OH excluding ortho intramolecular Hbond substituents is 1. The van der Waals surface area contributed by atoms with Gasteiger partial charge in [0.15, 0.2) is 6.29 Å². The average Bonchev–Trinajstić information content (AvgIpc) is 2.78. The van der Waals surface area contributed by atoms with Gasteiger partial charge in [0, 0.05) is 0 Å². The summed E-state index contributed by atoms with van der Waals surface area (Å²) < 4.78 is 11.7. The van der Waals surface area contributed by atoms with Gasteiger partial charge < -0.3 is 14.6 Å². The molecule has 0 aliphatic carbocycles. The van der Waals surface area contributed by atoms with Crippen molar-refractivity contribution >= 4 is 0 Å². The minimum Gasteiger partial charge on any atom is -0.508 e. The van der Waals surface area contributed by atoms with E-state index in [9.17, 15) is 5.11 Å². The quantitative estimate of drug-likeness (QED) is 0.369. The summed E-state index contributed by atoms with van der Waals surface area (Å²) in [5.41, 5.74) is 3.72. The fourth-order valence-corrected chi connectivity index (χ4v) is 3.74. The molecule has 0 bridgehead atoms. The van der Waals surface area contributed by atoms with Crippen molar-refractivity contribution < 1.29 is 14.6 Å². The molecular weight excluding hydrogens is 372 g/mol. The van der Waals surface area contributed by atoms with Crippen LogP contribution in [0.1, 0.15) is 62.1 Å². The first-order chi connectivity index (χ1) is 14.5. The molecule has 0 aliphatic rings. The van der Waals surface area contributed by atoms with Crippen LogP contribution in [0.15, 0.2) is 78.9 Å². The highest BCUT2D eigenvalue weighted by Crippen LogP contribution is 2.33. The topological polar surface area (TPSA) is 38.7 Å². The predicted octanol–water partition coefficient (Wildman–Crippen LogP) is 7.02. The van der Waals surface area contributed by atoms with Crippen LogP contribution < -0.4 is 4.74 Å². The fraction of sp³-hybridized carbons (Fsp3) is 0.333. The highest BCUT2D eigenvalue weighted by molar-refractivity contribution is 5.31. The number of aromatic hydroxyl groups is 1. The molecule has 0 saturated heterocycles. The van der Waals surface area contributed by atoms with E-state index in [-0.39, 0.29) is 6.29 Å². The SMILES string of the molecule is CCC(CC(C)c1ccc(O)cc1)c1ccc(OC(C)OCc2ccccc2)cc1. The molecule has 0 aromatic heterocycles. The van der Waals surface area contributed by atoms with Crippen molar-refractivity contribution in [1.82, 2.24) is 0 Å². The maximum atomic E-state index is 9.50. The monoisotopic (exact) mass is 404 g/mol. The van der Waals surface area contributed by atoms with E-state index in [0.29, 0.717) is 24.2 Å². The number of hydrogen-bond acceptors (Lipinski definition) is 3. The van der Waals surface area contributed by atoms with Gasteiger partial charge >= 0.3 is 0 Å². The van der Waals surface area contributed by atoms with Crippen LogP contribution in [0.4, 0.5) is 0 Å². The summed E-state index contributed by atoms with van der Waals surface area (Å²) in [7, 11) is 0. The van der Waals surface area contributed by atoms with Crippen LogP contribution in [0.3, 0.4) is 0 Å². The average molecular weight is 405 g/mol. The lowest BCUT2D eigenvalue weighted by Gasteiger charge is -2.21. The van der Waals surface area contributed by atoms with Crippen LogP contribution in [0.5, 0.6) is 11.5 Å². The predicted molar refractivity (Wildman–Crippen MR) is 122 cm³/mol. The van der Waals surface area contributed by atoms with E-state index >= 15 is 0 Å². The Kier molecular flexibility index (Phi) is 7.92. The smallest absolute Gasteiger partial charge is 0.197 e. The summed E-state index contributed by atoms with van der Waals surface area (Å²) in [6, 6.07) is 26.1. The third kappa shape index (κ3) is 6.36. The number of phenols is 1. The normalized spacial score (nSPS) is 14.1. The van der Waals surface area contributed by atoms with Crippen molar-refractivity contribution in [3.8, 4) is 11.5 Å². The third-order valence-corrected chi connectivity index (χ3v) is 5.57. The Morgan fingerprint density at radius 1 is 0.800 bits per heavy atom. The maximum absolute atomic E-state index is 9.50. The minimum absolute atomic E-state index is 0.312. The van der Waals surface area contributed by atoms with Crippen molar-refractivity contribution in [1.29, 1.82) is 0 Å². The van der Waals surface area contributed by atoms with E-state index < -0.39 is 0 Å². The molecule has 0 spiro atoms. The van der Waals surface area contributed by atoms with E-state index in [1.54, 1.807) is 12.1 Å². The summed E-state index contributed by atoms with van der Waals surface area (Å²) in [6.07, 6.45) is 1.84. The summed E-state index contributed by atoms with van der Waals surface area (Å²) in [4.78, 5) is 0. The van der Waals surface area contributed by atoms with Gasteiger partial charge in [-0.05, 0) is 72.6 Å². The van der Waals surface area contributed by atoms with Gasteiger partial charge in [-0.1, -0.05) is 68.4 Å². The number of rotatable bonds is 10. The Balaban J connectivity index is 1.54. The number of hydrogen-bond donors (Lipinski definition) is 1. The maximum Gasteiger partial charge on any atom is 0.197 e. The molecule has 3 rings (SSSR count). The summed E-state index contributed by atoms with van der Waals surface area (Å²) in [6.45, 7) is 6.94. The molecule has 3 aromatic carbocycles. The zero-order valence-electron chi connectivity index (χ0n) is 18.1. The van der Waals surface area contributed by atoms with E-state index in [1.165, 1.54) is 11.1 Å². The van der Waals surface area contributed by atoms with Gasteiger partial charge in [-0.3, -0.25) is 0 Å². The second kappa shape index (κ2) is 10.8. The first kappa shape index (κ1) is 21.9. The number of ether oxygens (including phenoxy) is 2. The van der Waals surface area contributed by atoms with Crippen LogP contribution in [-0.2, 0) is 11.3 Å². The van der Waals surface area contributed by atoms with Gasteiger partial charge in [-0.15, -0.1) is 0 Å². The van der Waals surface area contributed by atoms with Crippen molar-refractivity contribution in [3.63, 3.8) is 0 Å². The molecule has 0 heterocycles. The number of benzene rings is 3. The molecule has 0 aliphatic heterocycles. The Bertz CT molecular complexity index is 872. The largest absolute Gasteiger partial charge is 0.508 e. The zero-order valence-corrected chi connectivity index (χ0v) is 18.1. The first-order valence-electron chi connectivity index (χ1n) is 10.8. The second-order valence-corrected chi connectivity index (χ2v) is 7.88. The van der Waals surface area contributed by atoms with Gasteiger partial charge in [-0.2, -0.15) is 0 Å². The van der Waals surface area contributed by atoms with Crippen LogP contribution in [-0.4, -0.2) is 11.4 Å². The molecule has 0 saturated carbocycles. The Morgan fingerprint density at radius 3 is 2.07 bits per heavy atom. The third-order valence-electron chi connectivity index (χ3n) is 5.57. The van der Waals surface area contributed by atoms with E-state index in [1.807, 2.05) is 61.5 Å². The molecule has 30 heavy (non-hydrogen) atoms. The minimum atomic E-state index is -0.312. The molecule has 3 unspecified atom stereocenters.